The summed E-state index contributed by atoms with van der Waals surface area (Å²) in [6.07, 6.45) is 3.73. The fraction of sp³-hybridized carbons (Fsp3) is 0.636. The SMILES string of the molecule is CNc1cncc(NCC(O)CC(C)C)n1. The summed E-state index contributed by atoms with van der Waals surface area (Å²) in [5.74, 6) is 1.88. The van der Waals surface area contributed by atoms with Crippen molar-refractivity contribution in [1.82, 2.24) is 9.97 Å². The van der Waals surface area contributed by atoms with Crippen LogP contribution in [-0.4, -0.2) is 34.8 Å². The highest BCUT2D eigenvalue weighted by Crippen LogP contribution is 2.08. The van der Waals surface area contributed by atoms with Crippen molar-refractivity contribution in [3.63, 3.8) is 0 Å². The summed E-state index contributed by atoms with van der Waals surface area (Å²) < 4.78 is 0. The van der Waals surface area contributed by atoms with Crippen molar-refractivity contribution < 1.29 is 5.11 Å². The Morgan fingerprint density at radius 2 is 2.00 bits per heavy atom. The van der Waals surface area contributed by atoms with Crippen LogP contribution in [0, 0.1) is 5.92 Å². The van der Waals surface area contributed by atoms with E-state index in [0.717, 1.165) is 6.42 Å². The standard InChI is InChI=1S/C11H20N4O/c1-8(2)4-9(16)5-14-11-7-13-6-10(12-3)15-11/h6-9,16H,4-5H2,1-3H3,(H2,12,14,15). The monoisotopic (exact) mass is 224 g/mol. The normalized spacial score (nSPS) is 12.6. The Labute approximate surface area is 96.3 Å². The van der Waals surface area contributed by atoms with Gasteiger partial charge in [-0.3, -0.25) is 4.98 Å². The molecule has 1 aromatic rings. The van der Waals surface area contributed by atoms with Gasteiger partial charge in [-0.25, -0.2) is 4.98 Å². The Balaban J connectivity index is 2.41. The van der Waals surface area contributed by atoms with Crippen LogP contribution in [-0.2, 0) is 0 Å². The van der Waals surface area contributed by atoms with Crippen molar-refractivity contribution in [2.75, 3.05) is 24.2 Å². The molecule has 0 amide bonds. The zero-order chi connectivity index (χ0) is 12.0. The molecule has 0 saturated carbocycles. The van der Waals surface area contributed by atoms with E-state index in [4.69, 9.17) is 0 Å². The second-order valence-electron chi connectivity index (χ2n) is 4.20. The minimum absolute atomic E-state index is 0.347. The predicted molar refractivity (Wildman–Crippen MR) is 65.5 cm³/mol. The third-order valence-electron chi connectivity index (χ3n) is 2.15. The molecule has 1 atom stereocenters. The lowest BCUT2D eigenvalue weighted by atomic mass is 10.1. The van der Waals surface area contributed by atoms with Crippen LogP contribution in [0.2, 0.25) is 0 Å². The number of nitrogens with one attached hydrogen (secondary N) is 2. The molecule has 0 bridgehead atoms. The van der Waals surface area contributed by atoms with Crippen molar-refractivity contribution in [3.8, 4) is 0 Å². The minimum atomic E-state index is -0.347. The van der Waals surface area contributed by atoms with Gasteiger partial charge in [0.15, 0.2) is 0 Å². The largest absolute Gasteiger partial charge is 0.391 e. The van der Waals surface area contributed by atoms with E-state index in [0.29, 0.717) is 24.1 Å². The summed E-state index contributed by atoms with van der Waals surface area (Å²) in [5, 5.41) is 15.7. The number of anilines is 2. The lowest BCUT2D eigenvalue weighted by molar-refractivity contribution is 0.161. The van der Waals surface area contributed by atoms with Crippen molar-refractivity contribution in [2.24, 2.45) is 5.92 Å². The summed E-state index contributed by atoms with van der Waals surface area (Å²) in [7, 11) is 1.79. The molecule has 0 aromatic carbocycles. The van der Waals surface area contributed by atoms with Crippen molar-refractivity contribution >= 4 is 11.6 Å². The first-order valence-electron chi connectivity index (χ1n) is 5.53. The number of aromatic nitrogens is 2. The van der Waals surface area contributed by atoms with Gasteiger partial charge in [0.2, 0.25) is 0 Å². The molecule has 5 nitrogen and oxygen atoms in total. The molecule has 1 heterocycles. The summed E-state index contributed by atoms with van der Waals surface area (Å²) in [5.41, 5.74) is 0. The Kier molecular flexibility index (Phi) is 4.98. The molecule has 1 aromatic heterocycles. The van der Waals surface area contributed by atoms with Crippen LogP contribution in [0.4, 0.5) is 11.6 Å². The van der Waals surface area contributed by atoms with Crippen LogP contribution in [0.5, 0.6) is 0 Å². The molecule has 0 saturated heterocycles. The lowest BCUT2D eigenvalue weighted by Gasteiger charge is -2.14. The number of nitrogens with zero attached hydrogens (tertiary/aromatic N) is 2. The van der Waals surface area contributed by atoms with Gasteiger partial charge in [-0.2, -0.15) is 0 Å². The van der Waals surface area contributed by atoms with E-state index in [-0.39, 0.29) is 6.10 Å². The molecule has 90 valence electrons. The van der Waals surface area contributed by atoms with Gasteiger partial charge < -0.3 is 15.7 Å². The number of aliphatic hydroxyl groups excluding tert-OH is 1. The van der Waals surface area contributed by atoms with Crippen LogP contribution in [0.15, 0.2) is 12.4 Å². The van der Waals surface area contributed by atoms with E-state index < -0.39 is 0 Å². The van der Waals surface area contributed by atoms with Crippen LogP contribution in [0.3, 0.4) is 0 Å². The zero-order valence-electron chi connectivity index (χ0n) is 10.1. The van der Waals surface area contributed by atoms with Crippen LogP contribution in [0.25, 0.3) is 0 Å². The van der Waals surface area contributed by atoms with Crippen molar-refractivity contribution in [1.29, 1.82) is 0 Å². The second-order valence-corrected chi connectivity index (χ2v) is 4.20. The number of hydrogen-bond acceptors (Lipinski definition) is 5. The highest BCUT2D eigenvalue weighted by molar-refractivity contribution is 5.40. The molecule has 0 aliphatic rings. The molecular weight excluding hydrogens is 204 g/mol. The van der Waals surface area contributed by atoms with E-state index >= 15 is 0 Å². The van der Waals surface area contributed by atoms with Gasteiger partial charge in [0, 0.05) is 13.6 Å². The lowest BCUT2D eigenvalue weighted by Crippen LogP contribution is -2.21. The molecule has 0 radical (unpaired) electrons. The highest BCUT2D eigenvalue weighted by Gasteiger charge is 2.07. The molecule has 1 rings (SSSR count). The average molecular weight is 224 g/mol. The van der Waals surface area contributed by atoms with Gasteiger partial charge in [-0.1, -0.05) is 13.8 Å². The van der Waals surface area contributed by atoms with Gasteiger partial charge in [0.25, 0.3) is 0 Å². The maximum Gasteiger partial charge on any atom is 0.147 e. The fourth-order valence-corrected chi connectivity index (χ4v) is 1.42. The quantitative estimate of drug-likeness (QED) is 0.680. The van der Waals surface area contributed by atoms with Gasteiger partial charge >= 0.3 is 0 Å². The third-order valence-corrected chi connectivity index (χ3v) is 2.15. The number of aliphatic hydroxyl groups is 1. The molecule has 5 heteroatoms. The Bertz CT molecular complexity index is 317. The topological polar surface area (TPSA) is 70.1 Å². The second kappa shape index (κ2) is 6.27. The molecule has 16 heavy (non-hydrogen) atoms. The highest BCUT2D eigenvalue weighted by atomic mass is 16.3. The Hall–Kier alpha value is -1.36. The summed E-state index contributed by atoms with van der Waals surface area (Å²) in [6.45, 7) is 4.68. The summed E-state index contributed by atoms with van der Waals surface area (Å²) >= 11 is 0. The van der Waals surface area contributed by atoms with E-state index in [1.54, 1.807) is 19.4 Å². The van der Waals surface area contributed by atoms with E-state index in [1.165, 1.54) is 0 Å². The molecular formula is C11H20N4O. The summed E-state index contributed by atoms with van der Waals surface area (Å²) in [4.78, 5) is 8.27. The van der Waals surface area contributed by atoms with E-state index in [9.17, 15) is 5.11 Å². The van der Waals surface area contributed by atoms with E-state index in [1.807, 2.05) is 0 Å². The van der Waals surface area contributed by atoms with Gasteiger partial charge in [0.05, 0.1) is 18.5 Å². The zero-order valence-corrected chi connectivity index (χ0v) is 10.1. The van der Waals surface area contributed by atoms with Crippen molar-refractivity contribution in [3.05, 3.63) is 12.4 Å². The molecule has 0 aliphatic heterocycles. The number of rotatable bonds is 6. The first-order valence-corrected chi connectivity index (χ1v) is 5.53. The van der Waals surface area contributed by atoms with Crippen LogP contribution in [0.1, 0.15) is 20.3 Å². The summed E-state index contributed by atoms with van der Waals surface area (Å²) in [6, 6.07) is 0. The molecule has 0 spiro atoms. The van der Waals surface area contributed by atoms with Crippen LogP contribution >= 0.6 is 0 Å². The van der Waals surface area contributed by atoms with Crippen LogP contribution < -0.4 is 10.6 Å². The first kappa shape index (κ1) is 12.7. The van der Waals surface area contributed by atoms with Gasteiger partial charge in [0.1, 0.15) is 11.6 Å². The smallest absolute Gasteiger partial charge is 0.147 e. The molecule has 0 fully saturated rings. The molecule has 3 N–H and O–H groups in total. The van der Waals surface area contributed by atoms with E-state index in [2.05, 4.69) is 34.4 Å². The Morgan fingerprint density at radius 1 is 1.31 bits per heavy atom. The Morgan fingerprint density at radius 3 is 2.62 bits per heavy atom. The molecule has 1 unspecified atom stereocenters. The first-order chi connectivity index (χ1) is 7.61. The third kappa shape index (κ3) is 4.44. The van der Waals surface area contributed by atoms with Crippen molar-refractivity contribution in [2.45, 2.75) is 26.4 Å². The minimum Gasteiger partial charge on any atom is -0.391 e. The molecule has 0 aliphatic carbocycles. The van der Waals surface area contributed by atoms with Gasteiger partial charge in [-0.15, -0.1) is 0 Å². The maximum absolute atomic E-state index is 9.68. The van der Waals surface area contributed by atoms with Gasteiger partial charge in [-0.05, 0) is 12.3 Å². The maximum atomic E-state index is 9.68. The number of hydrogen-bond donors (Lipinski definition) is 3. The fourth-order valence-electron chi connectivity index (χ4n) is 1.42. The average Bonchev–Trinajstić information content (AvgIpc) is 2.26. The predicted octanol–water partition coefficient (Wildman–Crippen LogP) is 1.34.